The predicted molar refractivity (Wildman–Crippen MR) is 107 cm³/mol. The van der Waals surface area contributed by atoms with Crippen molar-refractivity contribution in [1.29, 1.82) is 0 Å². The fourth-order valence-corrected chi connectivity index (χ4v) is 3.31. The molecule has 1 saturated heterocycles. The first kappa shape index (κ1) is 18.9. The minimum Gasteiger partial charge on any atom is -0.370 e. The molecule has 0 bridgehead atoms. The van der Waals surface area contributed by atoms with Crippen molar-refractivity contribution < 1.29 is 4.39 Å². The first-order valence-electron chi connectivity index (χ1n) is 9.21. The molecule has 3 N–H and O–H groups in total. The molecular formula is C22H25FN4. The lowest BCUT2D eigenvalue weighted by molar-refractivity contribution is 0.206. The number of nitrogens with zero attached hydrogens (tertiary/aromatic N) is 2. The highest BCUT2D eigenvalue weighted by Crippen LogP contribution is 2.17. The van der Waals surface area contributed by atoms with E-state index in [4.69, 9.17) is 12.2 Å². The molecule has 2 aromatic rings. The Labute approximate surface area is 160 Å². The Morgan fingerprint density at radius 2 is 1.85 bits per heavy atom. The summed E-state index contributed by atoms with van der Waals surface area (Å²) < 4.78 is 13.1. The monoisotopic (exact) mass is 364 g/mol. The minimum atomic E-state index is -0.424. The van der Waals surface area contributed by atoms with Gasteiger partial charge >= 0.3 is 0 Å². The lowest BCUT2D eigenvalue weighted by Crippen LogP contribution is -2.39. The average Bonchev–Trinajstić information content (AvgIpc) is 2.69. The average molecular weight is 364 g/mol. The third-order valence-electron chi connectivity index (χ3n) is 4.79. The van der Waals surface area contributed by atoms with E-state index in [1.165, 1.54) is 17.7 Å². The highest BCUT2D eigenvalue weighted by Gasteiger charge is 2.19. The summed E-state index contributed by atoms with van der Waals surface area (Å²) in [6.07, 6.45) is 7.52. The van der Waals surface area contributed by atoms with E-state index in [0.717, 1.165) is 38.0 Å². The smallest absolute Gasteiger partial charge is 0.190 e. The summed E-state index contributed by atoms with van der Waals surface area (Å²) in [6.45, 7) is 2.95. The number of guanidine groups is 1. The van der Waals surface area contributed by atoms with Gasteiger partial charge in [0.05, 0.1) is 6.04 Å². The number of rotatable bonds is 5. The molecule has 0 aromatic heterocycles. The van der Waals surface area contributed by atoms with Crippen LogP contribution in [0, 0.1) is 18.2 Å². The van der Waals surface area contributed by atoms with Crippen molar-refractivity contribution in [3.05, 3.63) is 71.5 Å². The van der Waals surface area contributed by atoms with Gasteiger partial charge in [0.2, 0.25) is 0 Å². The van der Waals surface area contributed by atoms with E-state index in [1.54, 1.807) is 12.1 Å². The van der Waals surface area contributed by atoms with Crippen LogP contribution in [0.4, 0.5) is 4.39 Å². The second-order valence-electron chi connectivity index (χ2n) is 6.80. The largest absolute Gasteiger partial charge is 0.370 e. The normalized spacial score (nSPS) is 17.3. The van der Waals surface area contributed by atoms with Crippen LogP contribution in [0.25, 0.3) is 0 Å². The Morgan fingerprint density at radius 3 is 2.48 bits per heavy atom. The van der Waals surface area contributed by atoms with Gasteiger partial charge in [-0.25, -0.2) is 9.38 Å². The maximum atomic E-state index is 13.1. The van der Waals surface area contributed by atoms with Crippen molar-refractivity contribution in [2.24, 2.45) is 10.7 Å². The van der Waals surface area contributed by atoms with E-state index in [1.807, 2.05) is 6.07 Å². The van der Waals surface area contributed by atoms with Crippen LogP contribution < -0.4 is 11.1 Å². The molecule has 1 heterocycles. The van der Waals surface area contributed by atoms with E-state index in [2.05, 4.69) is 45.4 Å². The molecule has 0 amide bonds. The van der Waals surface area contributed by atoms with E-state index in [9.17, 15) is 4.39 Å². The molecule has 2 aromatic carbocycles. The Kier molecular flexibility index (Phi) is 6.45. The second-order valence-corrected chi connectivity index (χ2v) is 6.80. The molecule has 0 aliphatic carbocycles. The standard InChI is InChI=1S/C22H25FN4/c1-2-21(18-8-10-19(23)11-9-18)26-22(24)25-20-12-14-27(15-13-20)16-17-6-4-3-5-7-17/h1,3-11,20-21H,12-16H2,(H3,24,25,26). The molecule has 4 nitrogen and oxygen atoms in total. The number of benzene rings is 2. The summed E-state index contributed by atoms with van der Waals surface area (Å²) in [4.78, 5) is 7.03. The van der Waals surface area contributed by atoms with Crippen LogP contribution in [-0.4, -0.2) is 30.0 Å². The van der Waals surface area contributed by atoms with Crippen LogP contribution in [0.5, 0.6) is 0 Å². The van der Waals surface area contributed by atoms with Crippen molar-refractivity contribution in [3.8, 4) is 12.3 Å². The van der Waals surface area contributed by atoms with Crippen molar-refractivity contribution in [3.63, 3.8) is 0 Å². The van der Waals surface area contributed by atoms with Gasteiger partial charge in [-0.15, -0.1) is 6.42 Å². The highest BCUT2D eigenvalue weighted by molar-refractivity contribution is 5.79. The Morgan fingerprint density at radius 1 is 1.19 bits per heavy atom. The summed E-state index contributed by atoms with van der Waals surface area (Å²) in [7, 11) is 0. The minimum absolute atomic E-state index is 0.191. The zero-order chi connectivity index (χ0) is 19.1. The number of nitrogens with two attached hydrogens (primary N) is 1. The van der Waals surface area contributed by atoms with Crippen molar-refractivity contribution in [2.45, 2.75) is 31.5 Å². The van der Waals surface area contributed by atoms with Crippen molar-refractivity contribution in [1.82, 2.24) is 10.2 Å². The van der Waals surface area contributed by atoms with E-state index < -0.39 is 6.04 Å². The van der Waals surface area contributed by atoms with Gasteiger partial charge in [0.1, 0.15) is 11.9 Å². The molecule has 1 fully saturated rings. The molecular weight excluding hydrogens is 339 g/mol. The lowest BCUT2D eigenvalue weighted by Gasteiger charge is -2.30. The van der Waals surface area contributed by atoms with Crippen molar-refractivity contribution in [2.75, 3.05) is 13.1 Å². The van der Waals surface area contributed by atoms with Gasteiger partial charge in [-0.1, -0.05) is 48.4 Å². The number of terminal acetylenes is 1. The lowest BCUT2D eigenvalue weighted by atomic mass is 10.0. The Hall–Kier alpha value is -2.84. The molecule has 1 atom stereocenters. The zero-order valence-electron chi connectivity index (χ0n) is 15.3. The van der Waals surface area contributed by atoms with Gasteiger partial charge in [0.25, 0.3) is 0 Å². The van der Waals surface area contributed by atoms with Crippen LogP contribution in [0.1, 0.15) is 30.0 Å². The molecule has 140 valence electrons. The number of hydrogen-bond donors (Lipinski definition) is 2. The Bertz CT molecular complexity index is 787. The van der Waals surface area contributed by atoms with Gasteiger partial charge < -0.3 is 11.1 Å². The highest BCUT2D eigenvalue weighted by atomic mass is 19.1. The third kappa shape index (κ3) is 5.57. The van der Waals surface area contributed by atoms with E-state index in [-0.39, 0.29) is 11.9 Å². The first-order valence-corrected chi connectivity index (χ1v) is 9.21. The second kappa shape index (κ2) is 9.20. The first-order chi connectivity index (χ1) is 13.1. The molecule has 0 spiro atoms. The van der Waals surface area contributed by atoms with Gasteiger partial charge in [-0.3, -0.25) is 4.90 Å². The summed E-state index contributed by atoms with van der Waals surface area (Å²) in [5.74, 6) is 2.68. The van der Waals surface area contributed by atoms with Crippen LogP contribution in [0.3, 0.4) is 0 Å². The molecule has 27 heavy (non-hydrogen) atoms. The number of piperidine rings is 1. The van der Waals surface area contributed by atoms with Gasteiger partial charge in [-0.05, 0) is 36.1 Å². The maximum absolute atomic E-state index is 13.1. The van der Waals surface area contributed by atoms with Gasteiger partial charge in [0.15, 0.2) is 5.96 Å². The predicted octanol–water partition coefficient (Wildman–Crippen LogP) is 3.07. The molecule has 5 heteroatoms. The molecule has 1 unspecified atom stereocenters. The fraction of sp³-hybridized carbons (Fsp3) is 0.318. The molecule has 3 rings (SSSR count). The number of halogens is 1. The van der Waals surface area contributed by atoms with Crippen LogP contribution in [-0.2, 0) is 6.54 Å². The van der Waals surface area contributed by atoms with E-state index in [0.29, 0.717) is 5.96 Å². The molecule has 1 aliphatic rings. The summed E-state index contributed by atoms with van der Waals surface area (Å²) in [5.41, 5.74) is 8.18. The summed E-state index contributed by atoms with van der Waals surface area (Å²) in [5, 5.41) is 3.06. The third-order valence-corrected chi connectivity index (χ3v) is 4.79. The quantitative estimate of drug-likeness (QED) is 0.487. The van der Waals surface area contributed by atoms with Crippen LogP contribution in [0.15, 0.2) is 59.6 Å². The van der Waals surface area contributed by atoms with Gasteiger partial charge in [0, 0.05) is 19.6 Å². The zero-order valence-corrected chi connectivity index (χ0v) is 15.3. The molecule has 0 radical (unpaired) electrons. The summed E-state index contributed by atoms with van der Waals surface area (Å²) in [6, 6.07) is 16.3. The number of aliphatic imine (C=N–C) groups is 1. The van der Waals surface area contributed by atoms with Crippen LogP contribution >= 0.6 is 0 Å². The number of nitrogens with one attached hydrogen (secondary N) is 1. The SMILES string of the molecule is C#CC(NC(N)=NC1CCN(Cc2ccccc2)CC1)c1ccc(F)cc1. The van der Waals surface area contributed by atoms with Gasteiger partial charge in [-0.2, -0.15) is 0 Å². The number of hydrogen-bond acceptors (Lipinski definition) is 2. The number of likely N-dealkylation sites (tertiary alicyclic amines) is 1. The fourth-order valence-electron chi connectivity index (χ4n) is 3.31. The van der Waals surface area contributed by atoms with Crippen LogP contribution in [0.2, 0.25) is 0 Å². The topological polar surface area (TPSA) is 53.6 Å². The summed E-state index contributed by atoms with van der Waals surface area (Å²) >= 11 is 0. The van der Waals surface area contributed by atoms with Crippen molar-refractivity contribution >= 4 is 5.96 Å². The Balaban J connectivity index is 1.51. The maximum Gasteiger partial charge on any atom is 0.190 e. The van der Waals surface area contributed by atoms with E-state index >= 15 is 0 Å². The molecule has 0 saturated carbocycles. The molecule has 1 aliphatic heterocycles.